The molecular formula is C24H29ClFN3O3S. The van der Waals surface area contributed by atoms with Gasteiger partial charge < -0.3 is 4.74 Å². The lowest BCUT2D eigenvalue weighted by Gasteiger charge is -2.37. The van der Waals surface area contributed by atoms with Gasteiger partial charge in [-0.05, 0) is 37.8 Å². The van der Waals surface area contributed by atoms with Gasteiger partial charge in [0.05, 0.1) is 31.0 Å². The van der Waals surface area contributed by atoms with Crippen LogP contribution in [0.5, 0.6) is 0 Å². The maximum absolute atomic E-state index is 14.6. The third-order valence-electron chi connectivity index (χ3n) is 6.00. The van der Waals surface area contributed by atoms with E-state index in [9.17, 15) is 14.0 Å². The second-order valence-electron chi connectivity index (χ2n) is 8.33. The van der Waals surface area contributed by atoms with E-state index in [0.717, 1.165) is 24.8 Å². The molecule has 1 aliphatic heterocycles. The molecule has 0 spiro atoms. The number of aromatic nitrogens is 2. The summed E-state index contributed by atoms with van der Waals surface area (Å²) in [6, 6.07) is 6.00. The van der Waals surface area contributed by atoms with Crippen molar-refractivity contribution in [2.24, 2.45) is 5.92 Å². The number of halogens is 2. The lowest BCUT2D eigenvalue weighted by atomic mass is 9.93. The molecule has 1 aromatic carbocycles. The van der Waals surface area contributed by atoms with Crippen molar-refractivity contribution in [3.8, 4) is 0 Å². The molecule has 2 aliphatic rings. The largest absolute Gasteiger partial charge is 0.462 e. The first-order chi connectivity index (χ1) is 15.5. The molecular weight excluding hydrogens is 465 g/mol. The van der Waals surface area contributed by atoms with Gasteiger partial charge in [-0.25, -0.2) is 9.18 Å². The number of allylic oxidation sites excluding steroid dienone is 1. The number of rotatable bonds is 8. The summed E-state index contributed by atoms with van der Waals surface area (Å²) in [6.07, 6.45) is 7.72. The summed E-state index contributed by atoms with van der Waals surface area (Å²) in [5.74, 6) is -0.592. The molecule has 0 N–H and O–H groups in total. The van der Waals surface area contributed by atoms with Crippen LogP contribution in [0.2, 0.25) is 0 Å². The van der Waals surface area contributed by atoms with Crippen molar-refractivity contribution in [3.63, 3.8) is 0 Å². The first-order valence-electron chi connectivity index (χ1n) is 11.1. The molecule has 9 heteroatoms. The van der Waals surface area contributed by atoms with E-state index in [0.29, 0.717) is 37.4 Å². The normalized spacial score (nSPS) is 20.8. The zero-order chi connectivity index (χ0) is 22.7. The Morgan fingerprint density at radius 2 is 2.06 bits per heavy atom. The third kappa shape index (κ3) is 6.05. The van der Waals surface area contributed by atoms with Crippen LogP contribution in [0.1, 0.15) is 48.1 Å². The Morgan fingerprint density at radius 1 is 1.30 bits per heavy atom. The van der Waals surface area contributed by atoms with Gasteiger partial charge in [-0.2, -0.15) is 17.7 Å². The number of thiol groups is 1. The van der Waals surface area contributed by atoms with Crippen LogP contribution in [0.15, 0.2) is 48.3 Å². The number of benzene rings is 1. The molecule has 1 aromatic heterocycles. The van der Waals surface area contributed by atoms with E-state index >= 15 is 0 Å². The van der Waals surface area contributed by atoms with E-state index in [1.54, 1.807) is 36.0 Å². The van der Waals surface area contributed by atoms with E-state index < -0.39 is 12.0 Å². The Hall–Kier alpha value is -2.16. The van der Waals surface area contributed by atoms with Crippen LogP contribution in [-0.4, -0.2) is 51.4 Å². The minimum Gasteiger partial charge on any atom is -0.462 e. The van der Waals surface area contributed by atoms with E-state index in [-0.39, 0.29) is 35.2 Å². The molecule has 1 saturated heterocycles. The molecule has 1 saturated carbocycles. The summed E-state index contributed by atoms with van der Waals surface area (Å²) in [6.45, 7) is 3.76. The highest BCUT2D eigenvalue weighted by molar-refractivity contribution is 7.81. The first kappa shape index (κ1) is 25.5. The zero-order valence-electron chi connectivity index (χ0n) is 18.5. The molecule has 6 nitrogen and oxygen atoms in total. The number of ether oxygens (including phenoxy) is 1. The maximum Gasteiger partial charge on any atom is 0.341 e. The summed E-state index contributed by atoms with van der Waals surface area (Å²) in [4.78, 5) is 27.1. The molecule has 2 unspecified atom stereocenters. The minimum atomic E-state index is -0.576. The Labute approximate surface area is 205 Å². The van der Waals surface area contributed by atoms with Crippen molar-refractivity contribution in [1.82, 2.24) is 14.7 Å². The predicted molar refractivity (Wildman–Crippen MR) is 129 cm³/mol. The molecule has 178 valence electrons. The van der Waals surface area contributed by atoms with Gasteiger partial charge in [0, 0.05) is 36.0 Å². The fraction of sp³-hybridized carbons (Fsp3) is 0.458. The summed E-state index contributed by atoms with van der Waals surface area (Å²) < 4.78 is 21.3. The average Bonchev–Trinajstić information content (AvgIpc) is 3.53. The van der Waals surface area contributed by atoms with Crippen molar-refractivity contribution < 1.29 is 18.7 Å². The molecule has 33 heavy (non-hydrogen) atoms. The van der Waals surface area contributed by atoms with Crippen LogP contribution >= 0.6 is 25.0 Å². The van der Waals surface area contributed by atoms with E-state index in [2.05, 4.69) is 10.00 Å². The highest BCUT2D eigenvalue weighted by atomic mass is 35.5. The average molecular weight is 494 g/mol. The number of ketones is 1. The number of esters is 1. The van der Waals surface area contributed by atoms with Gasteiger partial charge in [0.25, 0.3) is 0 Å². The second-order valence-corrected chi connectivity index (χ2v) is 8.95. The highest BCUT2D eigenvalue weighted by Gasteiger charge is 2.40. The number of piperidine rings is 1. The third-order valence-corrected chi connectivity index (χ3v) is 6.59. The number of likely N-dealkylation sites (tertiary alicyclic amines) is 1. The number of carbonyl (C=O) groups is 2. The number of carbonyl (C=O) groups excluding carboxylic acids is 2. The van der Waals surface area contributed by atoms with E-state index in [1.807, 2.05) is 6.08 Å². The standard InChI is InChI=1S/C24H28FN3O3S.ClH/c1-2-31-24(30)18-13-26-28(15-18)12-9-17-14-27(11-10-21(17)32)22(23(29)16-7-8-16)19-5-3-4-6-20(19)25;/h3-6,9,13,15-16,21-22,32H,2,7-8,10-12,14H2,1H3;1H. The Balaban J connectivity index is 0.00000306. The van der Waals surface area contributed by atoms with Gasteiger partial charge in [-0.3, -0.25) is 14.4 Å². The van der Waals surface area contributed by atoms with Crippen molar-refractivity contribution in [2.75, 3.05) is 19.7 Å². The molecule has 2 atom stereocenters. The number of Topliss-reactive ketones (excluding diaryl/α,β-unsaturated/α-hetero) is 1. The molecule has 2 fully saturated rings. The molecule has 1 aliphatic carbocycles. The Kier molecular flexibility index (Phi) is 8.73. The van der Waals surface area contributed by atoms with Crippen molar-refractivity contribution in [1.29, 1.82) is 0 Å². The predicted octanol–water partition coefficient (Wildman–Crippen LogP) is 4.27. The molecule has 2 heterocycles. The smallest absolute Gasteiger partial charge is 0.341 e. The van der Waals surface area contributed by atoms with Crippen molar-refractivity contribution in [2.45, 2.75) is 44.0 Å². The number of hydrogen-bond donors (Lipinski definition) is 1. The van der Waals surface area contributed by atoms with Crippen LogP contribution in [0, 0.1) is 11.7 Å². The van der Waals surface area contributed by atoms with Crippen LogP contribution in [0.3, 0.4) is 0 Å². The van der Waals surface area contributed by atoms with E-state index in [1.165, 1.54) is 12.3 Å². The minimum absolute atomic E-state index is 0. The van der Waals surface area contributed by atoms with Gasteiger partial charge in [-0.15, -0.1) is 12.4 Å². The van der Waals surface area contributed by atoms with Crippen LogP contribution in [0.25, 0.3) is 0 Å². The quantitative estimate of drug-likeness (QED) is 0.338. The second kappa shape index (κ2) is 11.3. The lowest BCUT2D eigenvalue weighted by molar-refractivity contribution is -0.126. The molecule has 2 aromatic rings. The Bertz CT molecular complexity index is 1020. The Morgan fingerprint density at radius 3 is 2.76 bits per heavy atom. The molecule has 0 bridgehead atoms. The van der Waals surface area contributed by atoms with E-state index in [4.69, 9.17) is 17.4 Å². The number of hydrogen-bond acceptors (Lipinski definition) is 6. The van der Waals surface area contributed by atoms with Gasteiger partial charge in [0.2, 0.25) is 0 Å². The summed E-state index contributed by atoms with van der Waals surface area (Å²) >= 11 is 4.73. The fourth-order valence-electron chi connectivity index (χ4n) is 4.13. The van der Waals surface area contributed by atoms with Crippen molar-refractivity contribution >= 4 is 36.8 Å². The van der Waals surface area contributed by atoms with Crippen LogP contribution in [-0.2, 0) is 16.1 Å². The van der Waals surface area contributed by atoms with Gasteiger partial charge in [-0.1, -0.05) is 24.3 Å². The van der Waals surface area contributed by atoms with Crippen molar-refractivity contribution in [3.05, 3.63) is 65.3 Å². The maximum atomic E-state index is 14.6. The molecule has 0 amide bonds. The highest BCUT2D eigenvalue weighted by Crippen LogP contribution is 2.39. The van der Waals surface area contributed by atoms with Crippen LogP contribution < -0.4 is 0 Å². The summed E-state index contributed by atoms with van der Waals surface area (Å²) in [5.41, 5.74) is 1.93. The topological polar surface area (TPSA) is 64.4 Å². The molecule has 4 rings (SSSR count). The molecule has 0 radical (unpaired) electrons. The van der Waals surface area contributed by atoms with Gasteiger partial charge in [0.15, 0.2) is 5.78 Å². The summed E-state index contributed by atoms with van der Waals surface area (Å²) in [7, 11) is 0. The SMILES string of the molecule is CCOC(=O)c1cnn(CC=C2CN(C(C(=O)C3CC3)c3ccccc3F)CCC2S)c1.Cl. The zero-order valence-corrected chi connectivity index (χ0v) is 20.2. The number of nitrogens with zero attached hydrogens (tertiary/aromatic N) is 3. The summed E-state index contributed by atoms with van der Waals surface area (Å²) in [5, 5.41) is 4.29. The first-order valence-corrected chi connectivity index (χ1v) is 11.6. The lowest BCUT2D eigenvalue weighted by Crippen LogP contribution is -2.42. The fourth-order valence-corrected chi connectivity index (χ4v) is 4.43. The van der Waals surface area contributed by atoms with Crippen LogP contribution in [0.4, 0.5) is 4.39 Å². The monoisotopic (exact) mass is 493 g/mol. The van der Waals surface area contributed by atoms with Gasteiger partial charge >= 0.3 is 5.97 Å². The van der Waals surface area contributed by atoms with Gasteiger partial charge in [0.1, 0.15) is 5.82 Å².